The molecule has 0 heterocycles. The van der Waals surface area contributed by atoms with Crippen molar-refractivity contribution in [3.63, 3.8) is 0 Å². The maximum atomic E-state index is 12.8. The fourth-order valence-electron chi connectivity index (χ4n) is 2.22. The molecule has 2 aromatic rings. The summed E-state index contributed by atoms with van der Waals surface area (Å²) >= 11 is 0. The molecule has 2 rings (SSSR count). The van der Waals surface area contributed by atoms with Crippen LogP contribution < -0.4 is 5.43 Å². The first-order chi connectivity index (χ1) is 10.8. The Kier molecular flexibility index (Phi) is 4.84. The Hall–Kier alpha value is -2.62. The van der Waals surface area contributed by atoms with Gasteiger partial charge in [0.15, 0.2) is 0 Å². The zero-order valence-electron chi connectivity index (χ0n) is 14.0. The standard InChI is InChI=1S/C19H22N2O2/c1-14-10-8-9-13-16(14)17(22)20-21(19(2,3)4)18(23)15-11-6-5-7-12-15/h5-13H,1-4H3,(H,20,22). The zero-order chi connectivity index (χ0) is 17.0. The molecule has 4 nitrogen and oxygen atoms in total. The minimum absolute atomic E-state index is 0.236. The van der Waals surface area contributed by atoms with Gasteiger partial charge in [0.05, 0.1) is 5.54 Å². The van der Waals surface area contributed by atoms with E-state index in [2.05, 4.69) is 5.43 Å². The quantitative estimate of drug-likeness (QED) is 0.862. The topological polar surface area (TPSA) is 49.4 Å². The molecule has 0 unspecified atom stereocenters. The van der Waals surface area contributed by atoms with Gasteiger partial charge in [0, 0.05) is 11.1 Å². The van der Waals surface area contributed by atoms with Crippen molar-refractivity contribution in [2.24, 2.45) is 0 Å². The van der Waals surface area contributed by atoms with E-state index in [0.717, 1.165) is 5.56 Å². The highest BCUT2D eigenvalue weighted by Crippen LogP contribution is 2.16. The molecule has 4 heteroatoms. The predicted octanol–water partition coefficient (Wildman–Crippen LogP) is 3.58. The molecule has 1 N–H and O–H groups in total. The Labute approximate surface area is 137 Å². The van der Waals surface area contributed by atoms with E-state index in [1.165, 1.54) is 5.01 Å². The van der Waals surface area contributed by atoms with Gasteiger partial charge >= 0.3 is 0 Å². The Morgan fingerprint density at radius 1 is 0.913 bits per heavy atom. The number of nitrogens with one attached hydrogen (secondary N) is 1. The van der Waals surface area contributed by atoms with Crippen LogP contribution in [0.3, 0.4) is 0 Å². The summed E-state index contributed by atoms with van der Waals surface area (Å²) in [4.78, 5) is 25.3. The maximum Gasteiger partial charge on any atom is 0.272 e. The van der Waals surface area contributed by atoms with E-state index >= 15 is 0 Å². The van der Waals surface area contributed by atoms with Crippen molar-refractivity contribution >= 4 is 11.8 Å². The van der Waals surface area contributed by atoms with Gasteiger partial charge in [-0.1, -0.05) is 36.4 Å². The van der Waals surface area contributed by atoms with Crippen LogP contribution in [0.2, 0.25) is 0 Å². The highest BCUT2D eigenvalue weighted by Gasteiger charge is 2.29. The summed E-state index contributed by atoms with van der Waals surface area (Å²) in [5, 5.41) is 1.39. The highest BCUT2D eigenvalue weighted by molar-refractivity contribution is 6.00. The van der Waals surface area contributed by atoms with Gasteiger partial charge in [0.25, 0.3) is 11.8 Å². The highest BCUT2D eigenvalue weighted by atomic mass is 16.2. The first-order valence-electron chi connectivity index (χ1n) is 7.57. The molecular weight excluding hydrogens is 288 g/mol. The van der Waals surface area contributed by atoms with Crippen molar-refractivity contribution in [2.45, 2.75) is 33.2 Å². The molecular formula is C19H22N2O2. The molecule has 0 radical (unpaired) electrons. The first kappa shape index (κ1) is 16.7. The van der Waals surface area contributed by atoms with Crippen molar-refractivity contribution < 1.29 is 9.59 Å². The van der Waals surface area contributed by atoms with E-state index in [0.29, 0.717) is 11.1 Å². The number of hydrogen-bond acceptors (Lipinski definition) is 2. The lowest BCUT2D eigenvalue weighted by atomic mass is 10.1. The van der Waals surface area contributed by atoms with E-state index in [1.54, 1.807) is 30.3 Å². The van der Waals surface area contributed by atoms with Crippen molar-refractivity contribution in [3.8, 4) is 0 Å². The van der Waals surface area contributed by atoms with Gasteiger partial charge in [-0.3, -0.25) is 15.0 Å². The average Bonchev–Trinajstić information content (AvgIpc) is 2.52. The number of hydrazine groups is 1. The monoisotopic (exact) mass is 310 g/mol. The normalized spacial score (nSPS) is 11.0. The smallest absolute Gasteiger partial charge is 0.267 e. The summed E-state index contributed by atoms with van der Waals surface area (Å²) in [5.74, 6) is -0.526. The molecule has 0 bridgehead atoms. The second-order valence-corrected chi connectivity index (χ2v) is 6.43. The number of hydrogen-bond donors (Lipinski definition) is 1. The molecule has 23 heavy (non-hydrogen) atoms. The van der Waals surface area contributed by atoms with Crippen molar-refractivity contribution in [2.75, 3.05) is 0 Å². The molecule has 0 spiro atoms. The van der Waals surface area contributed by atoms with Gasteiger partial charge < -0.3 is 0 Å². The van der Waals surface area contributed by atoms with Crippen LogP contribution in [0.25, 0.3) is 0 Å². The summed E-state index contributed by atoms with van der Waals surface area (Å²) in [6.07, 6.45) is 0. The molecule has 0 saturated carbocycles. The summed E-state index contributed by atoms with van der Waals surface area (Å²) in [7, 11) is 0. The van der Waals surface area contributed by atoms with Gasteiger partial charge in [-0.2, -0.15) is 0 Å². The van der Waals surface area contributed by atoms with Gasteiger partial charge in [-0.15, -0.1) is 0 Å². The van der Waals surface area contributed by atoms with E-state index in [4.69, 9.17) is 0 Å². The number of carbonyl (C=O) groups excluding carboxylic acids is 2. The second-order valence-electron chi connectivity index (χ2n) is 6.43. The molecule has 0 aliphatic heterocycles. The number of carbonyl (C=O) groups is 2. The van der Waals surface area contributed by atoms with E-state index in [-0.39, 0.29) is 11.8 Å². The number of benzene rings is 2. The summed E-state index contributed by atoms with van der Waals surface area (Å²) in [6.45, 7) is 7.51. The Bertz CT molecular complexity index is 703. The van der Waals surface area contributed by atoms with Crippen molar-refractivity contribution in [3.05, 3.63) is 71.3 Å². The van der Waals surface area contributed by atoms with Gasteiger partial charge in [-0.05, 0) is 51.5 Å². The lowest BCUT2D eigenvalue weighted by Gasteiger charge is -2.35. The van der Waals surface area contributed by atoms with Crippen molar-refractivity contribution in [1.29, 1.82) is 0 Å². The summed E-state index contributed by atoms with van der Waals surface area (Å²) in [5.41, 5.74) is 4.17. The molecule has 0 aliphatic rings. The molecule has 2 aromatic carbocycles. The number of rotatable bonds is 2. The van der Waals surface area contributed by atoms with Gasteiger partial charge in [0.1, 0.15) is 0 Å². The van der Waals surface area contributed by atoms with Crippen LogP contribution in [-0.4, -0.2) is 22.4 Å². The minimum Gasteiger partial charge on any atom is -0.267 e. The van der Waals surface area contributed by atoms with Crippen molar-refractivity contribution in [1.82, 2.24) is 10.4 Å². The Morgan fingerprint density at radius 2 is 1.48 bits per heavy atom. The van der Waals surface area contributed by atoms with Gasteiger partial charge in [0.2, 0.25) is 0 Å². The molecule has 2 amide bonds. The van der Waals surface area contributed by atoms with Crippen LogP contribution in [0.1, 0.15) is 47.1 Å². The summed E-state index contributed by atoms with van der Waals surface area (Å²) < 4.78 is 0. The third kappa shape index (κ3) is 3.97. The first-order valence-corrected chi connectivity index (χ1v) is 7.57. The predicted molar refractivity (Wildman–Crippen MR) is 91.0 cm³/mol. The SMILES string of the molecule is Cc1ccccc1C(=O)NN(C(=O)c1ccccc1)C(C)(C)C. The largest absolute Gasteiger partial charge is 0.272 e. The van der Waals surface area contributed by atoms with Crippen LogP contribution in [0, 0.1) is 6.92 Å². The molecule has 0 fully saturated rings. The van der Waals surface area contributed by atoms with E-state index in [9.17, 15) is 9.59 Å². The Morgan fingerprint density at radius 3 is 2.04 bits per heavy atom. The average molecular weight is 310 g/mol. The van der Waals surface area contributed by atoms with Crippen LogP contribution in [-0.2, 0) is 0 Å². The fraction of sp³-hybridized carbons (Fsp3) is 0.263. The molecule has 0 aliphatic carbocycles. The third-order valence-electron chi connectivity index (χ3n) is 3.50. The lowest BCUT2D eigenvalue weighted by molar-refractivity contribution is 0.0358. The second kappa shape index (κ2) is 6.65. The molecule has 0 aromatic heterocycles. The fourth-order valence-corrected chi connectivity index (χ4v) is 2.22. The molecule has 0 saturated heterocycles. The van der Waals surface area contributed by atoms with Gasteiger partial charge in [-0.25, -0.2) is 5.01 Å². The lowest BCUT2D eigenvalue weighted by Crippen LogP contribution is -2.56. The zero-order valence-corrected chi connectivity index (χ0v) is 14.0. The van der Waals surface area contributed by atoms with Crippen LogP contribution in [0.5, 0.6) is 0 Å². The number of aryl methyl sites for hydroxylation is 1. The molecule has 0 atom stereocenters. The van der Waals surface area contributed by atoms with E-state index in [1.807, 2.05) is 52.0 Å². The maximum absolute atomic E-state index is 12.8. The minimum atomic E-state index is -0.550. The van der Waals surface area contributed by atoms with Crippen LogP contribution in [0.15, 0.2) is 54.6 Å². The Balaban J connectivity index is 2.29. The van der Waals surface area contributed by atoms with Crippen LogP contribution in [0.4, 0.5) is 0 Å². The number of amides is 2. The molecule has 120 valence electrons. The van der Waals surface area contributed by atoms with E-state index < -0.39 is 5.54 Å². The summed E-state index contributed by atoms with van der Waals surface area (Å²) in [6, 6.07) is 16.2. The third-order valence-corrected chi connectivity index (χ3v) is 3.50. The number of nitrogens with zero attached hydrogens (tertiary/aromatic N) is 1. The van der Waals surface area contributed by atoms with Crippen LogP contribution >= 0.6 is 0 Å².